The molecule has 1 fully saturated rings. The second kappa shape index (κ2) is 4.91. The van der Waals surface area contributed by atoms with Gasteiger partial charge < -0.3 is 5.11 Å². The summed E-state index contributed by atoms with van der Waals surface area (Å²) in [5.41, 5.74) is 2.04. The van der Waals surface area contributed by atoms with E-state index in [-0.39, 0.29) is 5.41 Å². The van der Waals surface area contributed by atoms with Gasteiger partial charge in [-0.25, -0.2) is 4.79 Å². The van der Waals surface area contributed by atoms with Crippen molar-refractivity contribution in [3.05, 3.63) is 47.3 Å². The molecule has 0 saturated heterocycles. The Morgan fingerprint density at radius 2 is 1.65 bits per heavy atom. The van der Waals surface area contributed by atoms with Crippen LogP contribution in [-0.2, 0) is 28.6 Å². The van der Waals surface area contributed by atoms with Crippen molar-refractivity contribution in [3.8, 4) is 0 Å². The van der Waals surface area contributed by atoms with E-state index in [0.29, 0.717) is 12.8 Å². The number of carbonyl (C=O) groups is 1. The Kier molecular flexibility index (Phi) is 3.08. The van der Waals surface area contributed by atoms with E-state index in [2.05, 4.69) is 29.3 Å². The summed E-state index contributed by atoms with van der Waals surface area (Å²) in [4.78, 5) is 13.5. The van der Waals surface area contributed by atoms with E-state index < -0.39 is 11.5 Å². The van der Waals surface area contributed by atoms with E-state index >= 15 is 0 Å². The molecule has 4 rings (SSSR count). The van der Waals surface area contributed by atoms with E-state index in [1.54, 1.807) is 0 Å². The van der Waals surface area contributed by atoms with Crippen molar-refractivity contribution in [3.63, 3.8) is 0 Å². The second-order valence-electron chi connectivity index (χ2n) is 7.21. The summed E-state index contributed by atoms with van der Waals surface area (Å²) >= 11 is 0. The highest BCUT2D eigenvalue weighted by Crippen LogP contribution is 2.54. The lowest BCUT2D eigenvalue weighted by Crippen LogP contribution is -2.60. The molecular formula is C18H21N3O2. The minimum Gasteiger partial charge on any atom is -0.479 e. The van der Waals surface area contributed by atoms with Gasteiger partial charge in [-0.1, -0.05) is 37.3 Å². The maximum atomic E-state index is 12.0. The van der Waals surface area contributed by atoms with E-state index in [0.717, 1.165) is 37.1 Å². The topological polar surface area (TPSA) is 68.0 Å². The number of carboxylic acids is 1. The molecule has 23 heavy (non-hydrogen) atoms. The fraction of sp³-hybridized carbons (Fsp3) is 0.500. The Hall–Kier alpha value is -2.17. The fourth-order valence-electron chi connectivity index (χ4n) is 4.19. The Morgan fingerprint density at radius 1 is 1.09 bits per heavy atom. The monoisotopic (exact) mass is 311 g/mol. The van der Waals surface area contributed by atoms with Gasteiger partial charge in [0, 0.05) is 0 Å². The van der Waals surface area contributed by atoms with Gasteiger partial charge in [-0.2, -0.15) is 15.0 Å². The molecule has 0 bridgehead atoms. The Morgan fingerprint density at radius 3 is 2.17 bits per heavy atom. The predicted molar refractivity (Wildman–Crippen MR) is 85.3 cm³/mol. The van der Waals surface area contributed by atoms with Crippen LogP contribution < -0.4 is 0 Å². The van der Waals surface area contributed by atoms with E-state index in [1.807, 2.05) is 18.2 Å². The molecular weight excluding hydrogens is 290 g/mol. The first kappa shape index (κ1) is 14.4. The first-order valence-corrected chi connectivity index (χ1v) is 8.28. The average molecular weight is 311 g/mol. The summed E-state index contributed by atoms with van der Waals surface area (Å²) in [5, 5.41) is 19.0. The number of hydrogen-bond acceptors (Lipinski definition) is 3. The Balaban J connectivity index is 1.68. The summed E-state index contributed by atoms with van der Waals surface area (Å²) in [5.74, 6) is -0.821. The summed E-state index contributed by atoms with van der Waals surface area (Å²) in [6.45, 7) is 2.13. The zero-order chi connectivity index (χ0) is 16.1. The summed E-state index contributed by atoms with van der Waals surface area (Å²) in [6, 6.07) is 10.2. The normalized spacial score (nSPS) is 29.6. The molecule has 0 spiro atoms. The lowest BCUT2D eigenvalue weighted by molar-refractivity contribution is -0.159. The van der Waals surface area contributed by atoms with Crippen LogP contribution in [0.3, 0.4) is 0 Å². The highest BCUT2D eigenvalue weighted by Gasteiger charge is 2.60. The fourth-order valence-corrected chi connectivity index (χ4v) is 4.19. The first-order chi connectivity index (χ1) is 11.0. The molecule has 2 aromatic rings. The maximum Gasteiger partial charge on any atom is 0.333 e. The molecule has 120 valence electrons. The van der Waals surface area contributed by atoms with Crippen LogP contribution in [0.25, 0.3) is 0 Å². The van der Waals surface area contributed by atoms with Gasteiger partial charge in [0.05, 0.1) is 11.4 Å². The summed E-state index contributed by atoms with van der Waals surface area (Å²) in [6.07, 6.45) is 5.14. The van der Waals surface area contributed by atoms with E-state index in [1.165, 1.54) is 10.4 Å². The molecule has 1 heterocycles. The van der Waals surface area contributed by atoms with Crippen molar-refractivity contribution in [2.45, 2.75) is 56.4 Å². The van der Waals surface area contributed by atoms with Crippen LogP contribution in [0, 0.1) is 0 Å². The van der Waals surface area contributed by atoms with Gasteiger partial charge in [-0.3, -0.25) is 0 Å². The molecule has 0 unspecified atom stereocenters. The number of aromatic nitrogens is 3. The molecule has 0 radical (unpaired) electrons. The lowest BCUT2D eigenvalue weighted by atomic mass is 9.55. The van der Waals surface area contributed by atoms with Gasteiger partial charge in [-0.05, 0) is 49.5 Å². The molecule has 1 aromatic carbocycles. The molecule has 5 nitrogen and oxygen atoms in total. The smallest absolute Gasteiger partial charge is 0.333 e. The first-order valence-electron chi connectivity index (χ1n) is 8.28. The van der Waals surface area contributed by atoms with Gasteiger partial charge in [0.25, 0.3) is 0 Å². The third kappa shape index (κ3) is 2.10. The molecule has 5 heteroatoms. The van der Waals surface area contributed by atoms with Gasteiger partial charge >= 0.3 is 5.97 Å². The summed E-state index contributed by atoms with van der Waals surface area (Å²) < 4.78 is 0. The maximum absolute atomic E-state index is 12.0. The molecule has 2 aliphatic rings. The number of aliphatic carboxylic acids is 1. The number of rotatable bonds is 3. The minimum absolute atomic E-state index is 0.131. The van der Waals surface area contributed by atoms with Crippen molar-refractivity contribution < 1.29 is 9.90 Å². The van der Waals surface area contributed by atoms with Gasteiger partial charge in [0.15, 0.2) is 5.54 Å². The lowest BCUT2D eigenvalue weighted by Gasteiger charge is -2.51. The average Bonchev–Trinajstić information content (AvgIpc) is 2.96. The van der Waals surface area contributed by atoms with Crippen molar-refractivity contribution >= 4 is 5.97 Å². The SMILES string of the molecule is CC1(c2ccccc2)CC(C(=O)O)(n2nc3c(n2)CCCC3)C1. The molecule has 1 N–H and O–H groups in total. The molecule has 2 aliphatic carbocycles. The zero-order valence-corrected chi connectivity index (χ0v) is 13.3. The number of nitrogens with zero attached hydrogens (tertiary/aromatic N) is 3. The third-order valence-electron chi connectivity index (χ3n) is 5.46. The van der Waals surface area contributed by atoms with Crippen LogP contribution >= 0.6 is 0 Å². The zero-order valence-electron chi connectivity index (χ0n) is 13.3. The van der Waals surface area contributed by atoms with Crippen molar-refractivity contribution in [1.82, 2.24) is 15.0 Å². The number of fused-ring (bicyclic) bond motifs is 1. The van der Waals surface area contributed by atoms with Crippen LogP contribution in [-0.4, -0.2) is 26.1 Å². The molecule has 0 aliphatic heterocycles. The predicted octanol–water partition coefficient (Wildman–Crippen LogP) is 2.69. The molecule has 1 saturated carbocycles. The van der Waals surface area contributed by atoms with Crippen molar-refractivity contribution in [2.24, 2.45) is 0 Å². The Bertz CT molecular complexity index is 721. The van der Waals surface area contributed by atoms with Gasteiger partial charge in [-0.15, -0.1) is 0 Å². The molecule has 0 amide bonds. The van der Waals surface area contributed by atoms with Gasteiger partial charge in [0.2, 0.25) is 0 Å². The standard InChI is InChI=1S/C18H21N3O2/c1-17(13-7-3-2-4-8-13)11-18(12-17,16(22)23)21-19-14-9-5-6-10-15(14)20-21/h2-4,7-8H,5-6,9-12H2,1H3,(H,22,23). The number of carboxylic acid groups (broad SMARTS) is 1. The van der Waals surface area contributed by atoms with Crippen molar-refractivity contribution in [1.29, 1.82) is 0 Å². The minimum atomic E-state index is -0.998. The van der Waals surface area contributed by atoms with Crippen LogP contribution in [0.4, 0.5) is 0 Å². The molecule has 1 aromatic heterocycles. The largest absolute Gasteiger partial charge is 0.479 e. The van der Waals surface area contributed by atoms with Crippen LogP contribution in [0.1, 0.15) is 49.6 Å². The van der Waals surface area contributed by atoms with Crippen LogP contribution in [0.2, 0.25) is 0 Å². The van der Waals surface area contributed by atoms with Crippen LogP contribution in [0.5, 0.6) is 0 Å². The highest BCUT2D eigenvalue weighted by atomic mass is 16.4. The number of benzene rings is 1. The third-order valence-corrected chi connectivity index (χ3v) is 5.46. The quantitative estimate of drug-likeness (QED) is 0.946. The number of hydrogen-bond donors (Lipinski definition) is 1. The van der Waals surface area contributed by atoms with E-state index in [9.17, 15) is 9.90 Å². The van der Waals surface area contributed by atoms with Crippen LogP contribution in [0.15, 0.2) is 30.3 Å². The van der Waals surface area contributed by atoms with E-state index in [4.69, 9.17) is 0 Å². The van der Waals surface area contributed by atoms with Gasteiger partial charge in [0.1, 0.15) is 0 Å². The highest BCUT2D eigenvalue weighted by molar-refractivity contribution is 5.79. The molecule has 0 atom stereocenters. The number of aryl methyl sites for hydroxylation is 2. The Labute approximate surface area is 135 Å². The van der Waals surface area contributed by atoms with Crippen molar-refractivity contribution in [2.75, 3.05) is 0 Å². The summed E-state index contributed by atoms with van der Waals surface area (Å²) in [7, 11) is 0. The second-order valence-corrected chi connectivity index (χ2v) is 7.21.